The lowest BCUT2D eigenvalue weighted by atomic mass is 9.67. The molecule has 3 heteroatoms. The molecule has 254 valence electrons. The summed E-state index contributed by atoms with van der Waals surface area (Å²) < 4.78 is 2.48. The first-order valence-corrected chi connectivity index (χ1v) is 18.7. The van der Waals surface area contributed by atoms with Crippen LogP contribution >= 0.6 is 0 Å². The highest BCUT2D eigenvalue weighted by Gasteiger charge is 2.46. The zero-order valence-electron chi connectivity index (χ0n) is 29.5. The highest BCUT2D eigenvalue weighted by atomic mass is 15.2. The Morgan fingerprint density at radius 3 is 1.78 bits per heavy atom. The van der Waals surface area contributed by atoms with Gasteiger partial charge >= 0.3 is 0 Å². The van der Waals surface area contributed by atoms with E-state index < -0.39 is 5.41 Å². The van der Waals surface area contributed by atoms with E-state index in [1.54, 1.807) is 0 Å². The van der Waals surface area contributed by atoms with Gasteiger partial charge in [0.1, 0.15) is 6.17 Å². The molecule has 0 saturated carbocycles. The van der Waals surface area contributed by atoms with Crippen LogP contribution in [0.1, 0.15) is 34.0 Å². The van der Waals surface area contributed by atoms with E-state index in [0.717, 1.165) is 33.7 Å². The molecule has 8 aromatic carbocycles. The van der Waals surface area contributed by atoms with Crippen molar-refractivity contribution in [1.82, 2.24) is 4.57 Å². The Morgan fingerprint density at radius 1 is 0.444 bits per heavy atom. The molecule has 1 aromatic heterocycles. The SMILES string of the molecule is c1ccc(C2=Nc3ccccc3NC2n2c3ccc(C4(c5ccccc5)c5ccccc5-c5ccccc54)cc3c3ccc(-c4ccccc4)cc32)cc1. The summed E-state index contributed by atoms with van der Waals surface area (Å²) in [6.07, 6.45) is -0.254. The first-order chi connectivity index (χ1) is 26.8. The number of hydrogen-bond acceptors (Lipinski definition) is 2. The maximum Gasteiger partial charge on any atom is 0.148 e. The normalized spacial score (nSPS) is 15.3. The van der Waals surface area contributed by atoms with Gasteiger partial charge in [-0.1, -0.05) is 170 Å². The van der Waals surface area contributed by atoms with Crippen LogP contribution in [0.2, 0.25) is 0 Å². The van der Waals surface area contributed by atoms with E-state index in [1.165, 1.54) is 55.3 Å². The second-order valence-electron chi connectivity index (χ2n) is 14.3. The highest BCUT2D eigenvalue weighted by molar-refractivity contribution is 6.14. The number of rotatable bonds is 5. The van der Waals surface area contributed by atoms with E-state index in [9.17, 15) is 0 Å². The van der Waals surface area contributed by atoms with Gasteiger partial charge in [0, 0.05) is 16.3 Å². The number of nitrogens with zero attached hydrogens (tertiary/aromatic N) is 2. The van der Waals surface area contributed by atoms with Gasteiger partial charge in [-0.05, 0) is 74.8 Å². The van der Waals surface area contributed by atoms with Crippen LogP contribution in [0.4, 0.5) is 11.4 Å². The number of para-hydroxylation sites is 2. The van der Waals surface area contributed by atoms with Crippen LogP contribution in [0.15, 0.2) is 205 Å². The molecule has 1 atom stereocenters. The minimum Gasteiger partial charge on any atom is -0.358 e. The summed E-state index contributed by atoms with van der Waals surface area (Å²) in [5, 5.41) is 6.38. The van der Waals surface area contributed by atoms with E-state index in [2.05, 4.69) is 210 Å². The molecule has 0 spiro atoms. The van der Waals surface area contributed by atoms with Crippen LogP contribution in [-0.4, -0.2) is 10.3 Å². The van der Waals surface area contributed by atoms with E-state index in [-0.39, 0.29) is 6.17 Å². The smallest absolute Gasteiger partial charge is 0.148 e. The van der Waals surface area contributed by atoms with Gasteiger partial charge < -0.3 is 9.88 Å². The molecule has 0 bridgehead atoms. The standard InChI is InChI=1S/C51H35N3/c1-4-16-34(17-5-1)36-28-30-41-42-33-38(51(37-20-8-3-9-21-37)43-24-12-10-22-39(43)40-23-11-13-25-44(40)51)29-31-47(42)54(48(41)32-36)50-49(35-18-6-2-7-19-35)52-45-26-14-15-27-46(45)53-50/h1-33,50,53H. The maximum atomic E-state index is 5.36. The van der Waals surface area contributed by atoms with Gasteiger partial charge in [-0.2, -0.15) is 0 Å². The van der Waals surface area contributed by atoms with Gasteiger partial charge in [-0.25, -0.2) is 4.99 Å². The first-order valence-electron chi connectivity index (χ1n) is 18.7. The van der Waals surface area contributed by atoms with Crippen molar-refractivity contribution in [2.24, 2.45) is 4.99 Å². The molecule has 1 N–H and O–H groups in total. The Hall–Kier alpha value is -6.97. The average molecular weight is 690 g/mol. The third-order valence-electron chi connectivity index (χ3n) is 11.5. The largest absolute Gasteiger partial charge is 0.358 e. The molecule has 1 aliphatic heterocycles. The lowest BCUT2D eigenvalue weighted by Gasteiger charge is -2.34. The maximum absolute atomic E-state index is 5.36. The zero-order chi connectivity index (χ0) is 35.6. The van der Waals surface area contributed by atoms with Gasteiger partial charge in [-0.3, -0.25) is 0 Å². The number of aliphatic imine (C=N–C) groups is 1. The summed E-state index contributed by atoms with van der Waals surface area (Å²) >= 11 is 0. The van der Waals surface area contributed by atoms with Crippen molar-refractivity contribution in [3.63, 3.8) is 0 Å². The second-order valence-corrected chi connectivity index (χ2v) is 14.3. The van der Waals surface area contributed by atoms with Gasteiger partial charge in [0.25, 0.3) is 0 Å². The van der Waals surface area contributed by atoms with Crippen LogP contribution in [-0.2, 0) is 5.41 Å². The number of nitrogens with one attached hydrogen (secondary N) is 1. The summed E-state index contributed by atoms with van der Waals surface area (Å²) in [6.45, 7) is 0. The van der Waals surface area contributed by atoms with Crippen molar-refractivity contribution in [2.45, 2.75) is 11.6 Å². The monoisotopic (exact) mass is 689 g/mol. The molecule has 0 radical (unpaired) electrons. The summed E-state index contributed by atoms with van der Waals surface area (Å²) in [7, 11) is 0. The number of benzene rings is 8. The molecular weight excluding hydrogens is 655 g/mol. The first kappa shape index (κ1) is 30.6. The average Bonchev–Trinajstić information content (AvgIpc) is 3.74. The van der Waals surface area contributed by atoms with Gasteiger partial charge in [0.2, 0.25) is 0 Å². The van der Waals surface area contributed by atoms with Crippen LogP contribution in [0.5, 0.6) is 0 Å². The van der Waals surface area contributed by atoms with E-state index in [4.69, 9.17) is 4.99 Å². The van der Waals surface area contributed by atoms with Crippen molar-refractivity contribution in [3.8, 4) is 22.3 Å². The van der Waals surface area contributed by atoms with Crippen molar-refractivity contribution in [1.29, 1.82) is 0 Å². The van der Waals surface area contributed by atoms with E-state index in [0.29, 0.717) is 0 Å². The zero-order valence-corrected chi connectivity index (χ0v) is 29.5. The molecule has 0 saturated heterocycles. The van der Waals surface area contributed by atoms with Gasteiger partial charge in [0.15, 0.2) is 0 Å². The quantitative estimate of drug-likeness (QED) is 0.191. The van der Waals surface area contributed by atoms with Gasteiger partial charge in [0.05, 0.1) is 33.5 Å². The fourth-order valence-corrected chi connectivity index (χ4v) is 9.20. The Morgan fingerprint density at radius 2 is 1.06 bits per heavy atom. The van der Waals surface area contributed by atoms with Gasteiger partial charge in [-0.15, -0.1) is 0 Å². The second kappa shape index (κ2) is 12.0. The molecule has 1 unspecified atom stereocenters. The summed E-state index contributed by atoms with van der Waals surface area (Å²) in [5.41, 5.74) is 16.0. The molecule has 0 fully saturated rings. The van der Waals surface area contributed by atoms with Crippen LogP contribution in [0.25, 0.3) is 44.1 Å². The molecular formula is C51H35N3. The number of hydrogen-bond donors (Lipinski definition) is 1. The fourth-order valence-electron chi connectivity index (χ4n) is 9.20. The van der Waals surface area contributed by atoms with Crippen LogP contribution in [0.3, 0.4) is 0 Å². The molecule has 3 nitrogen and oxygen atoms in total. The van der Waals surface area contributed by atoms with Crippen molar-refractivity contribution in [2.75, 3.05) is 5.32 Å². The molecule has 0 amide bonds. The van der Waals surface area contributed by atoms with Crippen molar-refractivity contribution < 1.29 is 0 Å². The number of anilines is 1. The third-order valence-corrected chi connectivity index (χ3v) is 11.5. The minimum atomic E-state index is -0.486. The minimum absolute atomic E-state index is 0.254. The molecule has 2 aliphatic rings. The highest BCUT2D eigenvalue weighted by Crippen LogP contribution is 2.56. The van der Waals surface area contributed by atoms with E-state index >= 15 is 0 Å². The molecule has 11 rings (SSSR count). The van der Waals surface area contributed by atoms with Crippen molar-refractivity contribution >= 4 is 38.9 Å². The third kappa shape index (κ3) is 4.45. The number of aromatic nitrogens is 1. The molecule has 1 aliphatic carbocycles. The fraction of sp³-hybridized carbons (Fsp3) is 0.0392. The topological polar surface area (TPSA) is 29.3 Å². The number of fused-ring (bicyclic) bond motifs is 7. The predicted molar refractivity (Wildman–Crippen MR) is 224 cm³/mol. The Bertz CT molecular complexity index is 2860. The summed E-state index contributed by atoms with van der Waals surface area (Å²) in [5.74, 6) is 0. The predicted octanol–water partition coefficient (Wildman–Crippen LogP) is 12.6. The Labute approximate surface area is 314 Å². The van der Waals surface area contributed by atoms with Crippen LogP contribution in [0, 0.1) is 0 Å². The molecule has 9 aromatic rings. The van der Waals surface area contributed by atoms with Crippen LogP contribution < -0.4 is 5.32 Å². The summed E-state index contributed by atoms with van der Waals surface area (Å²) in [4.78, 5) is 5.36. The lowest BCUT2D eigenvalue weighted by molar-refractivity contribution is 0.755. The summed E-state index contributed by atoms with van der Waals surface area (Å²) in [6, 6.07) is 72.8. The van der Waals surface area contributed by atoms with E-state index in [1.807, 2.05) is 0 Å². The molecule has 2 heterocycles. The lowest BCUT2D eigenvalue weighted by Crippen LogP contribution is -2.30. The Kier molecular flexibility index (Phi) is 6.83. The Balaban J connectivity index is 1.22. The van der Waals surface area contributed by atoms with Crippen molar-refractivity contribution in [3.05, 3.63) is 228 Å². The molecule has 54 heavy (non-hydrogen) atoms.